The molecule has 10 nitrogen and oxygen atoms in total. The van der Waals surface area contributed by atoms with Crippen LogP contribution in [0, 0.1) is 5.92 Å². The lowest BCUT2D eigenvalue weighted by atomic mass is 9.78. The predicted molar refractivity (Wildman–Crippen MR) is 129 cm³/mol. The van der Waals surface area contributed by atoms with Crippen molar-refractivity contribution in [1.29, 1.82) is 0 Å². The zero-order chi connectivity index (χ0) is 27.7. The van der Waals surface area contributed by atoms with Crippen molar-refractivity contribution in [1.82, 2.24) is 34.5 Å². The average Bonchev–Trinajstić information content (AvgIpc) is 3.29. The number of nitrogens with two attached hydrogens (primary N) is 1. The van der Waals surface area contributed by atoms with Gasteiger partial charge in [0.05, 0.1) is 11.3 Å². The maximum Gasteiger partial charge on any atom is 0.453 e. The van der Waals surface area contributed by atoms with E-state index in [0.29, 0.717) is 17.0 Å². The monoisotopic (exact) mass is 565 g/mol. The molecule has 1 fully saturated rings. The SMILES string of the molecule is CCc1nnc([C@@]2(C3CC3)C(=O)Nc3nc(-c4cn5ccnc5c(CCC(F)(F)C(F)(F)F)n4)nc(N)c32)s1. The molecule has 1 aliphatic heterocycles. The molecule has 2 aliphatic rings. The Hall–Kier alpha value is -3.82. The summed E-state index contributed by atoms with van der Waals surface area (Å²) < 4.78 is 66.9. The highest BCUT2D eigenvalue weighted by molar-refractivity contribution is 7.11. The largest absolute Gasteiger partial charge is 0.453 e. The van der Waals surface area contributed by atoms with Crippen molar-refractivity contribution in [3.63, 3.8) is 0 Å². The molecule has 5 heterocycles. The number of carbonyl (C=O) groups is 1. The lowest BCUT2D eigenvalue weighted by Crippen LogP contribution is -2.38. The van der Waals surface area contributed by atoms with E-state index in [-0.39, 0.29) is 46.3 Å². The molecule has 0 unspecified atom stereocenters. The molecule has 3 N–H and O–H groups in total. The number of rotatable bonds is 7. The summed E-state index contributed by atoms with van der Waals surface area (Å²) in [6.07, 6.45) is -1.39. The topological polar surface area (TPSA) is 137 Å². The molecule has 1 atom stereocenters. The van der Waals surface area contributed by atoms with Crippen LogP contribution in [0.15, 0.2) is 18.6 Å². The van der Waals surface area contributed by atoms with E-state index in [9.17, 15) is 26.7 Å². The molecule has 0 saturated heterocycles. The van der Waals surface area contributed by atoms with E-state index in [4.69, 9.17) is 5.73 Å². The van der Waals surface area contributed by atoms with Crippen LogP contribution < -0.4 is 11.1 Å². The first-order valence-corrected chi connectivity index (χ1v) is 12.9. The fourth-order valence-electron chi connectivity index (χ4n) is 4.92. The number of nitrogens with one attached hydrogen (secondary N) is 1. The van der Waals surface area contributed by atoms with E-state index in [1.54, 1.807) is 0 Å². The van der Waals surface area contributed by atoms with E-state index >= 15 is 0 Å². The zero-order valence-electron chi connectivity index (χ0n) is 20.3. The summed E-state index contributed by atoms with van der Waals surface area (Å²) in [5.74, 6) is -5.17. The van der Waals surface area contributed by atoms with Gasteiger partial charge in [-0.25, -0.2) is 19.9 Å². The highest BCUT2D eigenvalue weighted by Gasteiger charge is 2.61. The standard InChI is InChI=1S/C23H20F5N9OS/c1-2-13-35-36-20(39-13)22(10-3-4-10)14-15(29)32-16(33-17(14)34-19(22)38)12-9-37-8-7-30-18(37)11(31-12)5-6-21(24,25)23(26,27)28/h7-10H,2-6H2,1H3,(H3,29,32,33,34,38)/t22-/m1/s1. The van der Waals surface area contributed by atoms with E-state index in [0.717, 1.165) is 17.8 Å². The second kappa shape index (κ2) is 8.59. The first-order valence-electron chi connectivity index (χ1n) is 12.1. The van der Waals surface area contributed by atoms with Crippen LogP contribution in [0.1, 0.15) is 47.5 Å². The van der Waals surface area contributed by atoms with Crippen LogP contribution in [0.25, 0.3) is 17.2 Å². The van der Waals surface area contributed by atoms with Crippen molar-refractivity contribution in [2.45, 2.75) is 56.5 Å². The van der Waals surface area contributed by atoms with E-state index in [2.05, 4.69) is 35.5 Å². The van der Waals surface area contributed by atoms with Crippen molar-refractivity contribution in [3.05, 3.63) is 39.9 Å². The maximum absolute atomic E-state index is 13.6. The highest BCUT2D eigenvalue weighted by atomic mass is 32.1. The number of fused-ring (bicyclic) bond motifs is 2. The molecule has 1 aliphatic carbocycles. The van der Waals surface area contributed by atoms with Crippen LogP contribution in [-0.4, -0.2) is 52.5 Å². The Bertz CT molecular complexity index is 1610. The van der Waals surface area contributed by atoms with E-state index in [1.807, 2.05) is 6.92 Å². The number of anilines is 2. The molecule has 204 valence electrons. The molecule has 0 bridgehead atoms. The average molecular weight is 566 g/mol. The number of carbonyl (C=O) groups excluding carboxylic acids is 1. The third-order valence-corrected chi connectivity index (χ3v) is 8.18. The summed E-state index contributed by atoms with van der Waals surface area (Å²) in [5, 5.41) is 12.6. The Morgan fingerprint density at radius 2 is 1.95 bits per heavy atom. The van der Waals surface area contributed by atoms with Crippen molar-refractivity contribution in [3.8, 4) is 11.5 Å². The maximum atomic E-state index is 13.6. The quantitative estimate of drug-likeness (QED) is 0.322. The number of hydrogen-bond acceptors (Lipinski definition) is 9. The summed E-state index contributed by atoms with van der Waals surface area (Å²) in [6.45, 7) is 1.93. The lowest BCUT2D eigenvalue weighted by molar-refractivity contribution is -0.284. The minimum absolute atomic E-state index is 0.00572. The Morgan fingerprint density at radius 3 is 2.62 bits per heavy atom. The summed E-state index contributed by atoms with van der Waals surface area (Å²) >= 11 is 1.33. The number of imidazole rings is 1. The van der Waals surface area contributed by atoms with Crippen molar-refractivity contribution >= 4 is 34.5 Å². The van der Waals surface area contributed by atoms with Gasteiger partial charge in [0.15, 0.2) is 11.5 Å². The third kappa shape index (κ3) is 3.91. The fraction of sp³-hybridized carbons (Fsp3) is 0.435. The number of alkyl halides is 5. The number of hydrogen-bond donors (Lipinski definition) is 2. The summed E-state index contributed by atoms with van der Waals surface area (Å²) in [4.78, 5) is 30.7. The summed E-state index contributed by atoms with van der Waals surface area (Å²) in [7, 11) is 0. The smallest absolute Gasteiger partial charge is 0.383 e. The second-order valence-corrected chi connectivity index (χ2v) is 10.5. The first-order chi connectivity index (χ1) is 18.5. The minimum Gasteiger partial charge on any atom is -0.383 e. The number of aromatic nitrogens is 7. The number of halogens is 5. The summed E-state index contributed by atoms with van der Waals surface area (Å²) in [6, 6.07) is 0. The number of nitrogens with zero attached hydrogens (tertiary/aromatic N) is 7. The molecule has 39 heavy (non-hydrogen) atoms. The molecule has 0 radical (unpaired) electrons. The molecule has 1 amide bonds. The summed E-state index contributed by atoms with van der Waals surface area (Å²) in [5.41, 5.74) is 5.72. The van der Waals surface area contributed by atoms with Gasteiger partial charge in [-0.2, -0.15) is 22.0 Å². The second-order valence-electron chi connectivity index (χ2n) is 9.48. The predicted octanol–water partition coefficient (Wildman–Crippen LogP) is 3.96. The van der Waals surface area contributed by atoms with Gasteiger partial charge in [-0.3, -0.25) is 4.79 Å². The van der Waals surface area contributed by atoms with Crippen LogP contribution in [0.2, 0.25) is 0 Å². The van der Waals surface area contributed by atoms with Crippen LogP contribution in [0.5, 0.6) is 0 Å². The number of aryl methyl sites for hydroxylation is 2. The molecular weight excluding hydrogens is 545 g/mol. The Balaban J connectivity index is 1.43. The van der Waals surface area contributed by atoms with E-state index < -0.39 is 30.4 Å². The lowest BCUT2D eigenvalue weighted by Gasteiger charge is -2.24. The number of amides is 1. The van der Waals surface area contributed by atoms with Crippen LogP contribution >= 0.6 is 11.3 Å². The van der Waals surface area contributed by atoms with Gasteiger partial charge < -0.3 is 15.5 Å². The van der Waals surface area contributed by atoms with Crippen LogP contribution in [0.3, 0.4) is 0 Å². The van der Waals surface area contributed by atoms with Gasteiger partial charge in [0.25, 0.3) is 0 Å². The highest BCUT2D eigenvalue weighted by Crippen LogP contribution is 2.58. The molecule has 4 aromatic rings. The molecule has 0 spiro atoms. The number of nitrogen functional groups attached to an aromatic ring is 1. The van der Waals surface area contributed by atoms with Gasteiger partial charge in [0.2, 0.25) is 5.91 Å². The Labute approximate surface area is 220 Å². The van der Waals surface area contributed by atoms with Crippen molar-refractivity contribution in [2.24, 2.45) is 5.92 Å². The molecule has 6 rings (SSSR count). The van der Waals surface area contributed by atoms with Crippen LogP contribution in [0.4, 0.5) is 33.6 Å². The zero-order valence-corrected chi connectivity index (χ0v) is 21.1. The minimum atomic E-state index is -5.69. The van der Waals surface area contributed by atoms with Gasteiger partial charge in [0, 0.05) is 25.0 Å². The Morgan fingerprint density at radius 1 is 1.18 bits per heavy atom. The van der Waals surface area contributed by atoms with Crippen molar-refractivity contribution in [2.75, 3.05) is 11.1 Å². The molecule has 4 aromatic heterocycles. The van der Waals surface area contributed by atoms with Crippen molar-refractivity contribution < 1.29 is 26.7 Å². The van der Waals surface area contributed by atoms with Gasteiger partial charge in [-0.05, 0) is 31.6 Å². The van der Waals surface area contributed by atoms with Gasteiger partial charge >= 0.3 is 12.1 Å². The van der Waals surface area contributed by atoms with Crippen LogP contribution in [-0.2, 0) is 23.1 Å². The molecule has 0 aromatic carbocycles. The Kier molecular flexibility index (Phi) is 5.61. The van der Waals surface area contributed by atoms with Gasteiger partial charge in [-0.15, -0.1) is 21.5 Å². The molecule has 16 heteroatoms. The first kappa shape index (κ1) is 25.5. The molecule has 1 saturated carbocycles. The van der Waals surface area contributed by atoms with Gasteiger partial charge in [0.1, 0.15) is 32.8 Å². The fourth-order valence-corrected chi connectivity index (χ4v) is 5.97. The van der Waals surface area contributed by atoms with Gasteiger partial charge in [-0.1, -0.05) is 6.92 Å². The normalized spacial score (nSPS) is 19.5. The van der Waals surface area contributed by atoms with E-state index in [1.165, 1.54) is 34.3 Å². The molecular formula is C23H20F5N9OS. The third-order valence-electron chi connectivity index (χ3n) is 6.98.